The Morgan fingerprint density at radius 2 is 2.19 bits per heavy atom. The highest BCUT2D eigenvalue weighted by atomic mass is 35.5. The number of esters is 1. The monoisotopic (exact) mass is 346 g/mol. The van der Waals surface area contributed by atoms with Crippen molar-refractivity contribution >= 4 is 44.7 Å². The van der Waals surface area contributed by atoms with Crippen LogP contribution in [0.25, 0.3) is 0 Å². The summed E-state index contributed by atoms with van der Waals surface area (Å²) in [5.74, 6) is -0.569. The Morgan fingerprint density at radius 1 is 1.48 bits per heavy atom. The number of aromatic nitrogens is 1. The van der Waals surface area contributed by atoms with Crippen LogP contribution in [0.3, 0.4) is 0 Å². The quantitative estimate of drug-likeness (QED) is 0.860. The van der Waals surface area contributed by atoms with Crippen molar-refractivity contribution in [2.75, 3.05) is 11.8 Å². The number of aryl methyl sites for hydroxylation is 1. The number of rotatable bonds is 4. The van der Waals surface area contributed by atoms with Gasteiger partial charge in [-0.25, -0.2) is 18.2 Å². The third kappa shape index (κ3) is 3.34. The SMILES string of the molecule is COC(=O)c1sc(Cl)cc1S(=O)(=O)Nc1ncccc1C. The molecule has 9 heteroatoms. The van der Waals surface area contributed by atoms with Crippen LogP contribution in [0.2, 0.25) is 4.34 Å². The molecule has 0 aliphatic heterocycles. The molecule has 0 saturated heterocycles. The molecule has 0 aliphatic rings. The average Bonchev–Trinajstić information content (AvgIpc) is 2.83. The number of methoxy groups -OCH3 is 1. The van der Waals surface area contributed by atoms with Crippen molar-refractivity contribution < 1.29 is 17.9 Å². The van der Waals surface area contributed by atoms with Gasteiger partial charge in [0.05, 0.1) is 11.4 Å². The number of carbonyl (C=O) groups excluding carboxylic acids is 1. The number of hydrogen-bond acceptors (Lipinski definition) is 6. The van der Waals surface area contributed by atoms with Crippen LogP contribution in [0.4, 0.5) is 5.82 Å². The van der Waals surface area contributed by atoms with E-state index in [0.29, 0.717) is 5.56 Å². The van der Waals surface area contributed by atoms with E-state index in [1.807, 2.05) is 0 Å². The molecule has 2 aromatic heterocycles. The van der Waals surface area contributed by atoms with E-state index in [1.165, 1.54) is 19.4 Å². The van der Waals surface area contributed by atoms with E-state index in [2.05, 4.69) is 14.4 Å². The summed E-state index contributed by atoms with van der Waals surface area (Å²) < 4.78 is 31.9. The van der Waals surface area contributed by atoms with Gasteiger partial charge in [0.1, 0.15) is 15.6 Å². The molecular formula is C12H11ClN2O4S2. The van der Waals surface area contributed by atoms with Gasteiger partial charge in [0.25, 0.3) is 10.0 Å². The lowest BCUT2D eigenvalue weighted by Gasteiger charge is -2.09. The molecule has 0 saturated carbocycles. The van der Waals surface area contributed by atoms with E-state index in [1.54, 1.807) is 19.1 Å². The minimum Gasteiger partial charge on any atom is -0.465 e. The van der Waals surface area contributed by atoms with Crippen molar-refractivity contribution in [2.24, 2.45) is 0 Å². The molecule has 0 fully saturated rings. The molecule has 21 heavy (non-hydrogen) atoms. The Kier molecular flexibility index (Phi) is 4.50. The number of nitrogens with zero attached hydrogens (tertiary/aromatic N) is 1. The number of pyridine rings is 1. The van der Waals surface area contributed by atoms with Crippen molar-refractivity contribution in [3.63, 3.8) is 0 Å². The number of nitrogens with one attached hydrogen (secondary N) is 1. The number of hydrogen-bond donors (Lipinski definition) is 1. The first-order valence-electron chi connectivity index (χ1n) is 5.67. The van der Waals surface area contributed by atoms with Crippen molar-refractivity contribution in [1.82, 2.24) is 4.98 Å². The van der Waals surface area contributed by atoms with Gasteiger partial charge in [-0.3, -0.25) is 4.72 Å². The fourth-order valence-corrected chi connectivity index (χ4v) is 4.37. The number of thiophene rings is 1. The number of ether oxygens (including phenoxy) is 1. The summed E-state index contributed by atoms with van der Waals surface area (Å²) in [6.07, 6.45) is 1.46. The lowest BCUT2D eigenvalue weighted by Crippen LogP contribution is -2.17. The Bertz CT molecular complexity index is 786. The normalized spacial score (nSPS) is 11.2. The second-order valence-electron chi connectivity index (χ2n) is 4.01. The van der Waals surface area contributed by atoms with Gasteiger partial charge in [0.2, 0.25) is 0 Å². The molecule has 0 amide bonds. The Morgan fingerprint density at radius 3 is 2.81 bits per heavy atom. The third-order valence-corrected chi connectivity index (χ3v) is 5.31. The average molecular weight is 347 g/mol. The van der Waals surface area contributed by atoms with Crippen molar-refractivity contribution in [2.45, 2.75) is 11.8 Å². The molecule has 0 atom stereocenters. The molecule has 1 N–H and O–H groups in total. The highest BCUT2D eigenvalue weighted by Gasteiger charge is 2.27. The molecule has 0 unspecified atom stereocenters. The van der Waals surface area contributed by atoms with Gasteiger partial charge in [0, 0.05) is 6.20 Å². The zero-order chi connectivity index (χ0) is 15.6. The van der Waals surface area contributed by atoms with Crippen LogP contribution < -0.4 is 4.72 Å². The molecule has 0 spiro atoms. The van der Waals surface area contributed by atoms with E-state index in [9.17, 15) is 13.2 Å². The maximum absolute atomic E-state index is 12.4. The van der Waals surface area contributed by atoms with Crippen LogP contribution in [-0.4, -0.2) is 26.5 Å². The maximum Gasteiger partial charge on any atom is 0.349 e. The van der Waals surface area contributed by atoms with Crippen molar-refractivity contribution in [1.29, 1.82) is 0 Å². The summed E-state index contributed by atoms with van der Waals surface area (Å²) in [6.45, 7) is 1.71. The van der Waals surface area contributed by atoms with Crippen LogP contribution in [0, 0.1) is 6.92 Å². The fraction of sp³-hybridized carbons (Fsp3) is 0.167. The van der Waals surface area contributed by atoms with Gasteiger partial charge in [0.15, 0.2) is 0 Å². The molecule has 2 heterocycles. The number of halogens is 1. The molecule has 0 bridgehead atoms. The maximum atomic E-state index is 12.4. The summed E-state index contributed by atoms with van der Waals surface area (Å²) >= 11 is 6.65. The largest absolute Gasteiger partial charge is 0.465 e. The fourth-order valence-electron chi connectivity index (χ4n) is 1.56. The molecule has 2 aromatic rings. The minimum atomic E-state index is -3.99. The standard InChI is InChI=1S/C12H11ClN2O4S2/c1-7-4-3-5-14-11(7)15-21(17,18)8-6-9(13)20-10(8)12(16)19-2/h3-6H,1-2H3,(H,14,15). The molecule has 0 aromatic carbocycles. The van der Waals surface area contributed by atoms with Crippen LogP contribution in [0.15, 0.2) is 29.3 Å². The molecule has 6 nitrogen and oxygen atoms in total. The Balaban J connectivity index is 2.46. The Hall–Kier alpha value is -1.64. The summed E-state index contributed by atoms with van der Waals surface area (Å²) in [4.78, 5) is 15.3. The van der Waals surface area contributed by atoms with Crippen LogP contribution in [-0.2, 0) is 14.8 Å². The van der Waals surface area contributed by atoms with Crippen LogP contribution in [0.1, 0.15) is 15.2 Å². The van der Waals surface area contributed by atoms with Gasteiger partial charge in [-0.2, -0.15) is 0 Å². The highest BCUT2D eigenvalue weighted by molar-refractivity contribution is 7.93. The van der Waals surface area contributed by atoms with E-state index in [-0.39, 0.29) is 19.9 Å². The van der Waals surface area contributed by atoms with E-state index in [0.717, 1.165) is 11.3 Å². The van der Waals surface area contributed by atoms with Gasteiger partial charge >= 0.3 is 5.97 Å². The minimum absolute atomic E-state index is 0.0800. The molecule has 0 radical (unpaired) electrons. The number of sulfonamides is 1. The van der Waals surface area contributed by atoms with Crippen molar-refractivity contribution in [3.05, 3.63) is 39.2 Å². The summed E-state index contributed by atoms with van der Waals surface area (Å²) in [6, 6.07) is 4.61. The summed E-state index contributed by atoms with van der Waals surface area (Å²) in [7, 11) is -2.82. The van der Waals surface area contributed by atoms with E-state index in [4.69, 9.17) is 11.6 Å². The van der Waals surface area contributed by atoms with E-state index < -0.39 is 16.0 Å². The van der Waals surface area contributed by atoms with Gasteiger partial charge in [-0.1, -0.05) is 17.7 Å². The topological polar surface area (TPSA) is 85.4 Å². The summed E-state index contributed by atoms with van der Waals surface area (Å²) in [5, 5.41) is 0. The van der Waals surface area contributed by atoms with E-state index >= 15 is 0 Å². The van der Waals surface area contributed by atoms with Crippen molar-refractivity contribution in [3.8, 4) is 0 Å². The zero-order valence-corrected chi connectivity index (χ0v) is 13.5. The van der Waals surface area contributed by atoms with Crippen LogP contribution in [0.5, 0.6) is 0 Å². The summed E-state index contributed by atoms with van der Waals surface area (Å²) in [5.41, 5.74) is 0.655. The molecule has 2 rings (SSSR count). The van der Waals surface area contributed by atoms with Gasteiger partial charge in [-0.05, 0) is 24.6 Å². The first-order chi connectivity index (χ1) is 9.85. The predicted octanol–water partition coefficient (Wildman–Crippen LogP) is 2.69. The first-order valence-corrected chi connectivity index (χ1v) is 8.35. The first kappa shape index (κ1) is 15.7. The smallest absolute Gasteiger partial charge is 0.349 e. The van der Waals surface area contributed by atoms with Crippen LogP contribution >= 0.6 is 22.9 Å². The van der Waals surface area contributed by atoms with Gasteiger partial charge in [-0.15, -0.1) is 11.3 Å². The number of carbonyl (C=O) groups is 1. The molecule has 112 valence electrons. The second-order valence-corrected chi connectivity index (χ2v) is 7.34. The lowest BCUT2D eigenvalue weighted by molar-refractivity contribution is 0.0602. The second kappa shape index (κ2) is 6.00. The molecular weight excluding hydrogens is 336 g/mol. The molecule has 0 aliphatic carbocycles. The lowest BCUT2D eigenvalue weighted by atomic mass is 10.3. The third-order valence-electron chi connectivity index (χ3n) is 2.57. The predicted molar refractivity (Wildman–Crippen MR) is 80.5 cm³/mol. The number of anilines is 1. The Labute approximate surface area is 130 Å². The van der Waals surface area contributed by atoms with Gasteiger partial charge < -0.3 is 4.74 Å². The zero-order valence-electron chi connectivity index (χ0n) is 11.1. The highest BCUT2D eigenvalue weighted by Crippen LogP contribution is 2.31.